The van der Waals surface area contributed by atoms with E-state index in [1.807, 2.05) is 49.4 Å². The summed E-state index contributed by atoms with van der Waals surface area (Å²) in [4.78, 5) is 10.9. The predicted octanol–water partition coefficient (Wildman–Crippen LogP) is 3.48. The third-order valence-corrected chi connectivity index (χ3v) is 2.72. The third-order valence-electron chi connectivity index (χ3n) is 2.72. The minimum atomic E-state index is 0.669. The molecule has 0 aliphatic heterocycles. The van der Waals surface area contributed by atoms with Gasteiger partial charge in [-0.05, 0) is 30.2 Å². The molecule has 17 heavy (non-hydrogen) atoms. The number of carbonyl (C=O) groups is 1. The summed E-state index contributed by atoms with van der Waals surface area (Å²) in [6.45, 7) is 1.94. The number of hydrogen-bond donors (Lipinski definition) is 0. The van der Waals surface area contributed by atoms with Crippen molar-refractivity contribution in [1.82, 2.24) is 0 Å². The monoisotopic (exact) mass is 226 g/mol. The van der Waals surface area contributed by atoms with Crippen LogP contribution in [0.2, 0.25) is 0 Å². The lowest BCUT2D eigenvalue weighted by molar-refractivity contribution is 0.112. The first-order valence-electron chi connectivity index (χ1n) is 5.45. The zero-order valence-electron chi connectivity index (χ0n) is 9.94. The molecule has 0 heterocycles. The summed E-state index contributed by atoms with van der Waals surface area (Å²) >= 11 is 0. The Hall–Kier alpha value is -2.09. The van der Waals surface area contributed by atoms with Gasteiger partial charge in [-0.3, -0.25) is 4.79 Å². The van der Waals surface area contributed by atoms with Gasteiger partial charge >= 0.3 is 0 Å². The Morgan fingerprint density at radius 2 is 1.82 bits per heavy atom. The summed E-state index contributed by atoms with van der Waals surface area (Å²) in [7, 11) is 1.65. The number of rotatable bonds is 3. The lowest BCUT2D eigenvalue weighted by Gasteiger charge is -2.12. The Labute approximate surface area is 101 Å². The van der Waals surface area contributed by atoms with E-state index in [0.717, 1.165) is 28.7 Å². The quantitative estimate of drug-likeness (QED) is 0.749. The van der Waals surface area contributed by atoms with Crippen LogP contribution in [0.5, 0.6) is 5.75 Å². The first-order chi connectivity index (χ1) is 8.26. The van der Waals surface area contributed by atoms with Crippen LogP contribution in [0.15, 0.2) is 42.5 Å². The highest BCUT2D eigenvalue weighted by Gasteiger charge is 2.10. The van der Waals surface area contributed by atoms with E-state index in [1.54, 1.807) is 7.11 Å². The molecule has 2 aromatic carbocycles. The second-order valence-corrected chi connectivity index (χ2v) is 3.90. The SMILES string of the molecule is COc1c(C)cc(C=O)cc1-c1ccccc1. The molecule has 0 fully saturated rings. The highest BCUT2D eigenvalue weighted by atomic mass is 16.5. The second-order valence-electron chi connectivity index (χ2n) is 3.90. The number of aldehydes is 1. The number of methoxy groups -OCH3 is 1. The molecule has 2 nitrogen and oxygen atoms in total. The molecule has 2 rings (SSSR count). The van der Waals surface area contributed by atoms with Crippen LogP contribution in [0.1, 0.15) is 15.9 Å². The van der Waals surface area contributed by atoms with E-state index in [1.165, 1.54) is 0 Å². The van der Waals surface area contributed by atoms with Crippen LogP contribution in [0, 0.1) is 6.92 Å². The normalized spacial score (nSPS) is 10.0. The fraction of sp³-hybridized carbons (Fsp3) is 0.133. The minimum Gasteiger partial charge on any atom is -0.496 e. The maximum Gasteiger partial charge on any atom is 0.150 e. The Bertz CT molecular complexity index is 530. The number of benzene rings is 2. The molecule has 0 radical (unpaired) electrons. The number of hydrogen-bond acceptors (Lipinski definition) is 2. The fourth-order valence-electron chi connectivity index (χ4n) is 1.97. The first-order valence-corrected chi connectivity index (χ1v) is 5.45. The molecule has 0 aromatic heterocycles. The van der Waals surface area contributed by atoms with E-state index >= 15 is 0 Å². The Kier molecular flexibility index (Phi) is 3.24. The van der Waals surface area contributed by atoms with Gasteiger partial charge in [0.15, 0.2) is 0 Å². The molecule has 0 bridgehead atoms. The molecule has 0 aliphatic rings. The topological polar surface area (TPSA) is 26.3 Å². The number of carbonyl (C=O) groups excluding carboxylic acids is 1. The molecule has 0 atom stereocenters. The lowest BCUT2D eigenvalue weighted by atomic mass is 9.99. The maximum atomic E-state index is 10.9. The summed E-state index contributed by atoms with van der Waals surface area (Å²) in [6, 6.07) is 13.6. The van der Waals surface area contributed by atoms with Crippen LogP contribution in [-0.2, 0) is 0 Å². The van der Waals surface area contributed by atoms with Crippen LogP contribution < -0.4 is 4.74 Å². The van der Waals surface area contributed by atoms with Crippen molar-refractivity contribution in [2.45, 2.75) is 6.92 Å². The molecule has 0 saturated heterocycles. The van der Waals surface area contributed by atoms with E-state index in [4.69, 9.17) is 4.74 Å². The Morgan fingerprint density at radius 1 is 1.12 bits per heavy atom. The van der Waals surface area contributed by atoms with Gasteiger partial charge in [0.2, 0.25) is 0 Å². The minimum absolute atomic E-state index is 0.669. The van der Waals surface area contributed by atoms with Gasteiger partial charge < -0.3 is 4.74 Å². The Morgan fingerprint density at radius 3 is 2.41 bits per heavy atom. The zero-order valence-corrected chi connectivity index (χ0v) is 9.94. The average molecular weight is 226 g/mol. The van der Waals surface area contributed by atoms with Gasteiger partial charge in [-0.2, -0.15) is 0 Å². The van der Waals surface area contributed by atoms with E-state index in [2.05, 4.69) is 0 Å². The van der Waals surface area contributed by atoms with Gasteiger partial charge in [-0.25, -0.2) is 0 Å². The average Bonchev–Trinajstić information content (AvgIpc) is 2.38. The molecular weight excluding hydrogens is 212 g/mol. The second kappa shape index (κ2) is 4.83. The predicted molar refractivity (Wildman–Crippen MR) is 68.6 cm³/mol. The van der Waals surface area contributed by atoms with Crippen molar-refractivity contribution < 1.29 is 9.53 Å². The van der Waals surface area contributed by atoms with Crippen LogP contribution >= 0.6 is 0 Å². The molecule has 0 amide bonds. The summed E-state index contributed by atoms with van der Waals surface area (Å²) in [5.41, 5.74) is 3.64. The van der Waals surface area contributed by atoms with E-state index < -0.39 is 0 Å². The molecular formula is C15H14O2. The van der Waals surface area contributed by atoms with Crippen molar-refractivity contribution in [2.75, 3.05) is 7.11 Å². The largest absolute Gasteiger partial charge is 0.496 e. The van der Waals surface area contributed by atoms with Crippen LogP contribution in [0.3, 0.4) is 0 Å². The molecule has 0 N–H and O–H groups in total. The molecule has 2 heteroatoms. The molecule has 0 spiro atoms. The number of ether oxygens (including phenoxy) is 1. The molecule has 0 unspecified atom stereocenters. The summed E-state index contributed by atoms with van der Waals surface area (Å²) < 4.78 is 5.41. The van der Waals surface area contributed by atoms with Gasteiger partial charge in [0.1, 0.15) is 12.0 Å². The molecule has 0 aliphatic carbocycles. The lowest BCUT2D eigenvalue weighted by Crippen LogP contribution is -1.94. The van der Waals surface area contributed by atoms with Crippen LogP contribution in [0.4, 0.5) is 0 Å². The van der Waals surface area contributed by atoms with E-state index in [9.17, 15) is 4.79 Å². The summed E-state index contributed by atoms with van der Waals surface area (Å²) in [5.74, 6) is 0.821. The number of aryl methyl sites for hydroxylation is 1. The molecule has 2 aromatic rings. The summed E-state index contributed by atoms with van der Waals surface area (Å²) in [6.07, 6.45) is 0.860. The first kappa shape index (κ1) is 11.4. The van der Waals surface area contributed by atoms with Crippen molar-refractivity contribution in [1.29, 1.82) is 0 Å². The van der Waals surface area contributed by atoms with Crippen LogP contribution in [0.25, 0.3) is 11.1 Å². The van der Waals surface area contributed by atoms with Crippen LogP contribution in [-0.4, -0.2) is 13.4 Å². The fourth-order valence-corrected chi connectivity index (χ4v) is 1.97. The van der Waals surface area contributed by atoms with Crippen molar-refractivity contribution in [3.05, 3.63) is 53.6 Å². The van der Waals surface area contributed by atoms with Gasteiger partial charge in [-0.1, -0.05) is 30.3 Å². The third kappa shape index (κ3) is 2.21. The maximum absolute atomic E-state index is 10.9. The highest BCUT2D eigenvalue weighted by molar-refractivity contribution is 5.82. The zero-order chi connectivity index (χ0) is 12.3. The standard InChI is InChI=1S/C15H14O2/c1-11-8-12(10-16)9-14(15(11)17-2)13-6-4-3-5-7-13/h3-10H,1-2H3. The highest BCUT2D eigenvalue weighted by Crippen LogP contribution is 2.33. The Balaban J connectivity index is 2.66. The molecule has 86 valence electrons. The van der Waals surface area contributed by atoms with Crippen molar-refractivity contribution in [2.24, 2.45) is 0 Å². The van der Waals surface area contributed by atoms with E-state index in [0.29, 0.717) is 5.56 Å². The van der Waals surface area contributed by atoms with Gasteiger partial charge in [0, 0.05) is 11.1 Å². The summed E-state index contributed by atoms with van der Waals surface area (Å²) in [5, 5.41) is 0. The van der Waals surface area contributed by atoms with Crippen molar-refractivity contribution >= 4 is 6.29 Å². The van der Waals surface area contributed by atoms with Crippen molar-refractivity contribution in [3.8, 4) is 16.9 Å². The van der Waals surface area contributed by atoms with E-state index in [-0.39, 0.29) is 0 Å². The van der Waals surface area contributed by atoms with Gasteiger partial charge in [-0.15, -0.1) is 0 Å². The van der Waals surface area contributed by atoms with Gasteiger partial charge in [0.25, 0.3) is 0 Å². The van der Waals surface area contributed by atoms with Crippen molar-refractivity contribution in [3.63, 3.8) is 0 Å². The van der Waals surface area contributed by atoms with Gasteiger partial charge in [0.05, 0.1) is 7.11 Å². The smallest absolute Gasteiger partial charge is 0.150 e. The molecule has 0 saturated carbocycles.